The van der Waals surface area contributed by atoms with E-state index < -0.39 is 0 Å². The first-order valence-electron chi connectivity index (χ1n) is 5.20. The molecule has 0 fully saturated rings. The summed E-state index contributed by atoms with van der Waals surface area (Å²) in [5.41, 5.74) is 0. The van der Waals surface area contributed by atoms with Crippen molar-refractivity contribution in [1.82, 2.24) is 0 Å². The van der Waals surface area contributed by atoms with Crippen molar-refractivity contribution in [3.05, 3.63) is 0 Å². The molecule has 0 spiro atoms. The van der Waals surface area contributed by atoms with Crippen LogP contribution < -0.4 is 0 Å². The van der Waals surface area contributed by atoms with Crippen molar-refractivity contribution >= 4 is 11.6 Å². The monoisotopic (exact) mass is 240 g/mol. The molecule has 0 heterocycles. The molecule has 0 bridgehead atoms. The fourth-order valence-electron chi connectivity index (χ4n) is 0.841. The summed E-state index contributed by atoms with van der Waals surface area (Å²) in [5.74, 6) is 0.647. The number of halogens is 1. The Labute approximate surface area is 96.8 Å². The number of rotatable bonds is 12. The van der Waals surface area contributed by atoms with Gasteiger partial charge in [0, 0.05) is 19.6 Å². The van der Waals surface area contributed by atoms with E-state index in [1.165, 1.54) is 0 Å². The van der Waals surface area contributed by atoms with Gasteiger partial charge in [-0.3, -0.25) is 0 Å². The Hall–Kier alpha value is 0.130. The summed E-state index contributed by atoms with van der Waals surface area (Å²) in [6, 6.07) is 0. The lowest BCUT2D eigenvalue weighted by molar-refractivity contribution is 0.00383. The number of ether oxygens (including phenoxy) is 4. The molecule has 0 saturated carbocycles. The van der Waals surface area contributed by atoms with Gasteiger partial charge in [0.1, 0.15) is 0 Å². The van der Waals surface area contributed by atoms with Crippen LogP contribution in [0.2, 0.25) is 0 Å². The Morgan fingerprint density at radius 1 is 0.733 bits per heavy atom. The first-order valence-corrected chi connectivity index (χ1v) is 5.73. The normalized spacial score (nSPS) is 10.8. The molecule has 5 heteroatoms. The van der Waals surface area contributed by atoms with Gasteiger partial charge in [-0.1, -0.05) is 0 Å². The zero-order valence-corrected chi connectivity index (χ0v) is 10.1. The Bertz CT molecular complexity index is 102. The van der Waals surface area contributed by atoms with Gasteiger partial charge in [0.05, 0.1) is 39.6 Å². The minimum Gasteiger partial charge on any atom is -0.382 e. The van der Waals surface area contributed by atoms with Crippen LogP contribution >= 0.6 is 11.6 Å². The molecule has 0 rings (SSSR count). The fraction of sp³-hybridized carbons (Fsp3) is 1.00. The van der Waals surface area contributed by atoms with Crippen LogP contribution in [0.3, 0.4) is 0 Å². The minimum absolute atomic E-state index is 0.600. The van der Waals surface area contributed by atoms with E-state index in [0.717, 1.165) is 6.42 Å². The molecule has 0 aliphatic carbocycles. The summed E-state index contributed by atoms with van der Waals surface area (Å²) in [6.07, 6.45) is 0.891. The predicted octanol–water partition coefficient (Wildman–Crippen LogP) is 1.31. The Morgan fingerprint density at radius 3 is 1.67 bits per heavy atom. The van der Waals surface area contributed by atoms with Crippen LogP contribution in [0.1, 0.15) is 6.42 Å². The molecule has 0 aromatic carbocycles. The molecule has 0 unspecified atom stereocenters. The van der Waals surface area contributed by atoms with Crippen molar-refractivity contribution in [1.29, 1.82) is 0 Å². The highest BCUT2D eigenvalue weighted by Crippen LogP contribution is 1.86. The summed E-state index contributed by atoms with van der Waals surface area (Å²) in [5, 5.41) is 0. The topological polar surface area (TPSA) is 36.9 Å². The molecular weight excluding hydrogens is 220 g/mol. The molecule has 15 heavy (non-hydrogen) atoms. The largest absolute Gasteiger partial charge is 0.382 e. The zero-order chi connectivity index (χ0) is 11.2. The van der Waals surface area contributed by atoms with E-state index in [9.17, 15) is 0 Å². The van der Waals surface area contributed by atoms with Crippen LogP contribution in [0, 0.1) is 0 Å². The molecule has 92 valence electrons. The first-order chi connectivity index (χ1) is 7.41. The van der Waals surface area contributed by atoms with Crippen LogP contribution in [0.25, 0.3) is 0 Å². The van der Waals surface area contributed by atoms with E-state index in [0.29, 0.717) is 52.1 Å². The van der Waals surface area contributed by atoms with E-state index in [-0.39, 0.29) is 0 Å². The van der Waals surface area contributed by atoms with Gasteiger partial charge in [-0.15, -0.1) is 11.6 Å². The van der Waals surface area contributed by atoms with Crippen LogP contribution in [-0.2, 0) is 18.9 Å². The van der Waals surface area contributed by atoms with Crippen LogP contribution in [0.4, 0.5) is 0 Å². The van der Waals surface area contributed by atoms with Gasteiger partial charge in [-0.25, -0.2) is 0 Å². The van der Waals surface area contributed by atoms with Gasteiger partial charge >= 0.3 is 0 Å². The van der Waals surface area contributed by atoms with E-state index >= 15 is 0 Å². The number of methoxy groups -OCH3 is 1. The lowest BCUT2D eigenvalue weighted by Gasteiger charge is -2.05. The van der Waals surface area contributed by atoms with Crippen molar-refractivity contribution in [2.45, 2.75) is 6.42 Å². The molecular formula is C10H21ClO4. The zero-order valence-electron chi connectivity index (χ0n) is 9.37. The summed E-state index contributed by atoms with van der Waals surface area (Å²) >= 11 is 5.49. The second-order valence-corrected chi connectivity index (χ2v) is 3.25. The van der Waals surface area contributed by atoms with Crippen molar-refractivity contribution in [2.24, 2.45) is 0 Å². The number of alkyl halides is 1. The third-order valence-corrected chi connectivity index (χ3v) is 1.87. The molecule has 0 saturated heterocycles. The SMILES string of the molecule is COCCOCCOCCOCCCCl. The van der Waals surface area contributed by atoms with E-state index in [1.807, 2.05) is 0 Å². The highest BCUT2D eigenvalue weighted by atomic mass is 35.5. The summed E-state index contributed by atoms with van der Waals surface area (Å²) < 4.78 is 20.6. The number of hydrogen-bond donors (Lipinski definition) is 0. The highest BCUT2D eigenvalue weighted by Gasteiger charge is 1.91. The Kier molecular flexibility index (Phi) is 14.3. The minimum atomic E-state index is 0.600. The Morgan fingerprint density at radius 2 is 1.20 bits per heavy atom. The third kappa shape index (κ3) is 14.1. The molecule has 4 nitrogen and oxygen atoms in total. The molecule has 0 N–H and O–H groups in total. The van der Waals surface area contributed by atoms with Crippen LogP contribution in [0.5, 0.6) is 0 Å². The molecule has 0 aromatic heterocycles. The van der Waals surface area contributed by atoms with Gasteiger partial charge in [0.2, 0.25) is 0 Å². The van der Waals surface area contributed by atoms with Gasteiger partial charge in [0.15, 0.2) is 0 Å². The van der Waals surface area contributed by atoms with Gasteiger partial charge in [-0.2, -0.15) is 0 Å². The maximum Gasteiger partial charge on any atom is 0.0701 e. The smallest absolute Gasteiger partial charge is 0.0701 e. The van der Waals surface area contributed by atoms with Gasteiger partial charge in [-0.05, 0) is 6.42 Å². The van der Waals surface area contributed by atoms with Crippen LogP contribution in [-0.4, -0.2) is 59.2 Å². The lowest BCUT2D eigenvalue weighted by Crippen LogP contribution is -2.11. The third-order valence-electron chi connectivity index (χ3n) is 1.60. The molecule has 0 atom stereocenters. The van der Waals surface area contributed by atoms with E-state index in [1.54, 1.807) is 7.11 Å². The second kappa shape index (κ2) is 14.1. The molecule has 0 aliphatic rings. The summed E-state index contributed by atoms with van der Waals surface area (Å²) in [4.78, 5) is 0. The maximum atomic E-state index is 5.49. The standard InChI is InChI=1S/C10H21ClO4/c1-12-5-6-14-9-10-15-8-7-13-4-2-3-11/h2-10H2,1H3. The molecule has 0 amide bonds. The van der Waals surface area contributed by atoms with Crippen molar-refractivity contribution in [3.8, 4) is 0 Å². The highest BCUT2D eigenvalue weighted by molar-refractivity contribution is 6.17. The first kappa shape index (κ1) is 15.1. The lowest BCUT2D eigenvalue weighted by atomic mass is 10.5. The van der Waals surface area contributed by atoms with E-state index in [2.05, 4.69) is 0 Å². The second-order valence-electron chi connectivity index (χ2n) is 2.87. The fourth-order valence-corrected chi connectivity index (χ4v) is 0.950. The van der Waals surface area contributed by atoms with Gasteiger partial charge in [0.25, 0.3) is 0 Å². The van der Waals surface area contributed by atoms with E-state index in [4.69, 9.17) is 30.5 Å². The van der Waals surface area contributed by atoms with Crippen molar-refractivity contribution in [2.75, 3.05) is 59.2 Å². The molecule has 0 radical (unpaired) electrons. The Balaban J connectivity index is 2.81. The van der Waals surface area contributed by atoms with Crippen molar-refractivity contribution in [3.63, 3.8) is 0 Å². The maximum absolute atomic E-state index is 5.49. The summed E-state index contributed by atoms with van der Waals surface area (Å²) in [6.45, 7) is 4.38. The average Bonchev–Trinajstić information content (AvgIpc) is 2.26. The molecule has 0 aliphatic heterocycles. The van der Waals surface area contributed by atoms with Crippen LogP contribution in [0.15, 0.2) is 0 Å². The summed E-state index contributed by atoms with van der Waals surface area (Å²) in [7, 11) is 1.65. The quantitative estimate of drug-likeness (QED) is 0.381. The van der Waals surface area contributed by atoms with Gasteiger partial charge < -0.3 is 18.9 Å². The number of hydrogen-bond acceptors (Lipinski definition) is 4. The van der Waals surface area contributed by atoms with Crippen molar-refractivity contribution < 1.29 is 18.9 Å². The molecule has 0 aromatic rings. The average molecular weight is 241 g/mol. The predicted molar refractivity (Wildman–Crippen MR) is 59.7 cm³/mol.